The topological polar surface area (TPSA) is 92.5 Å². The van der Waals surface area contributed by atoms with E-state index in [-0.39, 0.29) is 5.56 Å². The number of carboxylic acids is 1. The van der Waals surface area contributed by atoms with Crippen LogP contribution in [0, 0.1) is 10.1 Å². The van der Waals surface area contributed by atoms with Crippen molar-refractivity contribution in [2.75, 3.05) is 7.11 Å². The molecule has 22 heavy (non-hydrogen) atoms. The van der Waals surface area contributed by atoms with Gasteiger partial charge < -0.3 is 14.6 Å². The van der Waals surface area contributed by atoms with Crippen LogP contribution in [0.2, 0.25) is 0 Å². The van der Waals surface area contributed by atoms with Crippen molar-refractivity contribution < 1.29 is 19.6 Å². The Kier molecular flexibility index (Phi) is 4.73. The summed E-state index contributed by atoms with van der Waals surface area (Å²) in [5.41, 5.74) is 1.92. The largest absolute Gasteiger partial charge is 0.545 e. The van der Waals surface area contributed by atoms with Crippen molar-refractivity contribution >= 4 is 5.97 Å². The lowest BCUT2D eigenvalue weighted by atomic mass is 9.99. The molecule has 6 heteroatoms. The Morgan fingerprint density at radius 1 is 1.09 bits per heavy atom. The molecule has 0 spiro atoms. The number of carboxylic acid groups (broad SMARTS) is 1. The van der Waals surface area contributed by atoms with Crippen LogP contribution in [0.4, 0.5) is 0 Å². The number of nitrogens with zero attached hydrogens (tertiary/aromatic N) is 1. The summed E-state index contributed by atoms with van der Waals surface area (Å²) < 4.78 is 5.07. The molecule has 0 aliphatic rings. The molecule has 6 nitrogen and oxygen atoms in total. The van der Waals surface area contributed by atoms with Crippen molar-refractivity contribution in [1.29, 1.82) is 0 Å². The molecule has 0 aliphatic carbocycles. The molecule has 0 aliphatic heterocycles. The van der Waals surface area contributed by atoms with Gasteiger partial charge in [-0.2, -0.15) is 0 Å². The third kappa shape index (κ3) is 4.05. The monoisotopic (exact) mass is 300 g/mol. The lowest BCUT2D eigenvalue weighted by Gasteiger charge is -2.09. The number of hydrogen-bond acceptors (Lipinski definition) is 5. The molecule has 0 N–H and O–H groups in total. The number of carbonyl (C=O) groups excluding carboxylic acids is 1. The van der Waals surface area contributed by atoms with Gasteiger partial charge in [-0.25, -0.2) is 0 Å². The van der Waals surface area contributed by atoms with E-state index in [4.69, 9.17) is 4.74 Å². The van der Waals surface area contributed by atoms with Crippen LogP contribution in [-0.2, 0) is 13.0 Å². The molecule has 0 bridgehead atoms. The summed E-state index contributed by atoms with van der Waals surface area (Å²) in [6.45, 7) is -0.420. The van der Waals surface area contributed by atoms with Crippen LogP contribution in [0.25, 0.3) is 0 Å². The number of rotatable bonds is 6. The average Bonchev–Trinajstić information content (AvgIpc) is 2.47. The molecule has 114 valence electrons. The molecule has 2 rings (SSSR count). The molecular formula is C16H14NO5-. The molecule has 0 fully saturated rings. The van der Waals surface area contributed by atoms with Crippen LogP contribution in [0.5, 0.6) is 5.75 Å². The highest BCUT2D eigenvalue weighted by Gasteiger charge is 2.08. The van der Waals surface area contributed by atoms with E-state index in [1.165, 1.54) is 12.1 Å². The fraction of sp³-hybridized carbons (Fsp3) is 0.188. The zero-order valence-electron chi connectivity index (χ0n) is 11.9. The first-order chi connectivity index (χ1) is 10.5. The molecule has 0 amide bonds. The van der Waals surface area contributed by atoms with Gasteiger partial charge in [-0.05, 0) is 53.4 Å². The average molecular weight is 300 g/mol. The van der Waals surface area contributed by atoms with E-state index in [0.29, 0.717) is 17.5 Å². The second-order valence-electron chi connectivity index (χ2n) is 4.84. The van der Waals surface area contributed by atoms with Crippen molar-refractivity contribution in [3.63, 3.8) is 0 Å². The number of benzene rings is 2. The third-order valence-corrected chi connectivity index (χ3v) is 3.17. The van der Waals surface area contributed by atoms with E-state index >= 15 is 0 Å². The van der Waals surface area contributed by atoms with Gasteiger partial charge >= 0.3 is 0 Å². The van der Waals surface area contributed by atoms with E-state index in [0.717, 1.165) is 11.3 Å². The van der Waals surface area contributed by atoms with Crippen molar-refractivity contribution in [3.05, 3.63) is 74.8 Å². The highest BCUT2D eigenvalue weighted by Crippen LogP contribution is 2.18. The molecule has 2 aromatic carbocycles. The van der Waals surface area contributed by atoms with Crippen molar-refractivity contribution in [3.8, 4) is 5.75 Å². The third-order valence-electron chi connectivity index (χ3n) is 3.17. The lowest BCUT2D eigenvalue weighted by Crippen LogP contribution is -2.22. The highest BCUT2D eigenvalue weighted by molar-refractivity contribution is 5.86. The molecule has 0 atom stereocenters. The number of ether oxygens (including phenoxy) is 1. The van der Waals surface area contributed by atoms with Gasteiger partial charge in [0.2, 0.25) is 6.54 Å². The van der Waals surface area contributed by atoms with Crippen LogP contribution < -0.4 is 9.84 Å². The Morgan fingerprint density at radius 2 is 1.73 bits per heavy atom. The first-order valence-corrected chi connectivity index (χ1v) is 6.57. The number of carbonyl (C=O) groups is 1. The zero-order valence-corrected chi connectivity index (χ0v) is 11.9. The summed E-state index contributed by atoms with van der Waals surface area (Å²) in [4.78, 5) is 21.2. The SMILES string of the molecule is COc1ccc(Cc2cc(C[N+](=O)[O-])cc(C(=O)[O-])c2)cc1. The first kappa shape index (κ1) is 15.5. The standard InChI is InChI=1S/C16H15NO5/c1-22-15-4-2-11(3-5-15)6-12-7-13(10-17(20)21)9-14(8-12)16(18)19/h2-5,7-9H,6,10H2,1H3,(H,18,19)/p-1. The van der Waals surface area contributed by atoms with Gasteiger partial charge in [0.1, 0.15) is 5.75 Å². The molecule has 0 saturated carbocycles. The van der Waals surface area contributed by atoms with Gasteiger partial charge in [-0.3, -0.25) is 10.1 Å². The van der Waals surface area contributed by atoms with Gasteiger partial charge in [0.05, 0.1) is 13.1 Å². The second kappa shape index (κ2) is 6.71. The summed E-state index contributed by atoms with van der Waals surface area (Å²) in [5, 5.41) is 21.6. The molecular weight excluding hydrogens is 286 g/mol. The highest BCUT2D eigenvalue weighted by atomic mass is 16.6. The van der Waals surface area contributed by atoms with Crippen molar-refractivity contribution in [2.45, 2.75) is 13.0 Å². The fourth-order valence-corrected chi connectivity index (χ4v) is 2.20. The summed E-state index contributed by atoms with van der Waals surface area (Å²) in [6.07, 6.45) is 0.468. The fourth-order valence-electron chi connectivity index (χ4n) is 2.20. The van der Waals surface area contributed by atoms with Crippen LogP contribution >= 0.6 is 0 Å². The summed E-state index contributed by atoms with van der Waals surface area (Å²) >= 11 is 0. The van der Waals surface area contributed by atoms with Crippen LogP contribution in [-0.4, -0.2) is 18.0 Å². The first-order valence-electron chi connectivity index (χ1n) is 6.57. The lowest BCUT2D eigenvalue weighted by molar-refractivity contribution is -0.496. The zero-order chi connectivity index (χ0) is 16.1. The summed E-state index contributed by atoms with van der Waals surface area (Å²) in [7, 11) is 1.57. The van der Waals surface area contributed by atoms with Crippen LogP contribution in [0.1, 0.15) is 27.0 Å². The maximum absolute atomic E-state index is 11.0. The van der Waals surface area contributed by atoms with E-state index < -0.39 is 17.4 Å². The Labute approximate surface area is 127 Å². The van der Waals surface area contributed by atoms with Crippen molar-refractivity contribution in [1.82, 2.24) is 0 Å². The number of nitro groups is 1. The van der Waals surface area contributed by atoms with Gasteiger partial charge in [0.25, 0.3) is 0 Å². The van der Waals surface area contributed by atoms with E-state index in [1.54, 1.807) is 25.3 Å². The maximum atomic E-state index is 11.0. The predicted octanol–water partition coefficient (Wildman–Crippen LogP) is 1.43. The van der Waals surface area contributed by atoms with Gasteiger partial charge in [-0.1, -0.05) is 12.1 Å². The minimum atomic E-state index is -1.35. The maximum Gasteiger partial charge on any atom is 0.228 e. The molecule has 0 radical (unpaired) electrons. The Hall–Kier alpha value is -2.89. The Bertz CT molecular complexity index is 694. The van der Waals surface area contributed by atoms with Crippen LogP contribution in [0.15, 0.2) is 42.5 Å². The van der Waals surface area contributed by atoms with E-state index in [9.17, 15) is 20.0 Å². The second-order valence-corrected chi connectivity index (χ2v) is 4.84. The predicted molar refractivity (Wildman–Crippen MR) is 77.3 cm³/mol. The van der Waals surface area contributed by atoms with Gasteiger partial charge in [0.15, 0.2) is 0 Å². The smallest absolute Gasteiger partial charge is 0.228 e. The minimum Gasteiger partial charge on any atom is -0.545 e. The quantitative estimate of drug-likeness (QED) is 0.594. The molecule has 0 saturated heterocycles. The van der Waals surface area contributed by atoms with Gasteiger partial charge in [0, 0.05) is 10.5 Å². The molecule has 0 aromatic heterocycles. The normalized spacial score (nSPS) is 10.2. The van der Waals surface area contributed by atoms with E-state index in [2.05, 4.69) is 0 Å². The van der Waals surface area contributed by atoms with E-state index in [1.807, 2.05) is 12.1 Å². The Balaban J connectivity index is 2.29. The minimum absolute atomic E-state index is 0.0529. The van der Waals surface area contributed by atoms with Crippen LogP contribution in [0.3, 0.4) is 0 Å². The molecule has 2 aromatic rings. The van der Waals surface area contributed by atoms with Gasteiger partial charge in [-0.15, -0.1) is 0 Å². The Morgan fingerprint density at radius 3 is 2.27 bits per heavy atom. The molecule has 0 unspecified atom stereocenters. The summed E-state index contributed by atoms with van der Waals surface area (Å²) in [6, 6.07) is 11.7. The molecule has 0 heterocycles. The summed E-state index contributed by atoms with van der Waals surface area (Å²) in [5.74, 6) is -0.623. The number of methoxy groups -OCH3 is 1. The number of hydrogen-bond donors (Lipinski definition) is 0. The van der Waals surface area contributed by atoms with Crippen molar-refractivity contribution in [2.24, 2.45) is 0 Å². The number of aromatic carboxylic acids is 1.